The van der Waals surface area contributed by atoms with Gasteiger partial charge in [-0.25, -0.2) is 4.79 Å². The number of nitrogens with one attached hydrogen (secondary N) is 1. The first-order chi connectivity index (χ1) is 9.97. The molecule has 1 fully saturated rings. The van der Waals surface area contributed by atoms with E-state index in [1.807, 2.05) is 43.1 Å². The van der Waals surface area contributed by atoms with Crippen LogP contribution >= 0.6 is 0 Å². The molecule has 116 valence electrons. The van der Waals surface area contributed by atoms with Crippen molar-refractivity contribution >= 4 is 11.7 Å². The second kappa shape index (κ2) is 6.94. The summed E-state index contributed by atoms with van der Waals surface area (Å²) in [6, 6.07) is 8.09. The largest absolute Gasteiger partial charge is 0.325 e. The van der Waals surface area contributed by atoms with Crippen molar-refractivity contribution in [1.29, 1.82) is 0 Å². The zero-order valence-corrected chi connectivity index (χ0v) is 13.3. The first-order valence-electron chi connectivity index (χ1n) is 7.86. The summed E-state index contributed by atoms with van der Waals surface area (Å²) >= 11 is 0. The molecule has 3 unspecified atom stereocenters. The fourth-order valence-corrected chi connectivity index (χ4v) is 3.00. The average molecular weight is 289 g/mol. The summed E-state index contributed by atoms with van der Waals surface area (Å²) < 4.78 is 0. The highest BCUT2D eigenvalue weighted by Crippen LogP contribution is 2.27. The van der Waals surface area contributed by atoms with Crippen LogP contribution in [0.1, 0.15) is 51.1 Å². The van der Waals surface area contributed by atoms with Gasteiger partial charge in [-0.15, -0.1) is 0 Å². The lowest BCUT2D eigenvalue weighted by molar-refractivity contribution is 0.171. The van der Waals surface area contributed by atoms with Gasteiger partial charge in [-0.2, -0.15) is 0 Å². The number of carbonyl (C=O) groups is 1. The lowest BCUT2D eigenvalue weighted by atomic mass is 9.86. The summed E-state index contributed by atoms with van der Waals surface area (Å²) in [6.45, 7) is 4.22. The van der Waals surface area contributed by atoms with Crippen molar-refractivity contribution in [3.8, 4) is 0 Å². The molecule has 1 saturated carbocycles. The van der Waals surface area contributed by atoms with E-state index in [-0.39, 0.29) is 12.1 Å². The Morgan fingerprint density at radius 3 is 2.57 bits per heavy atom. The van der Waals surface area contributed by atoms with Crippen LogP contribution in [-0.4, -0.2) is 24.0 Å². The van der Waals surface area contributed by atoms with Crippen molar-refractivity contribution in [2.75, 3.05) is 12.4 Å². The Balaban J connectivity index is 1.93. The second-order valence-corrected chi connectivity index (χ2v) is 6.38. The number of rotatable bonds is 3. The van der Waals surface area contributed by atoms with Crippen LogP contribution in [0.25, 0.3) is 0 Å². The minimum atomic E-state index is -0.0253. The van der Waals surface area contributed by atoms with Crippen molar-refractivity contribution in [3.63, 3.8) is 0 Å². The van der Waals surface area contributed by atoms with Crippen molar-refractivity contribution in [2.24, 2.45) is 11.7 Å². The molecular formula is C17H27N3O. The highest BCUT2D eigenvalue weighted by molar-refractivity contribution is 5.89. The quantitative estimate of drug-likeness (QED) is 0.890. The molecule has 0 bridgehead atoms. The van der Waals surface area contributed by atoms with Crippen molar-refractivity contribution in [2.45, 2.75) is 51.6 Å². The minimum absolute atomic E-state index is 0.0150. The molecule has 0 heterocycles. The van der Waals surface area contributed by atoms with Crippen LogP contribution < -0.4 is 11.1 Å². The maximum Gasteiger partial charge on any atom is 0.321 e. The Kier molecular flexibility index (Phi) is 5.23. The summed E-state index contributed by atoms with van der Waals surface area (Å²) in [5.74, 6) is 0.712. The fraction of sp³-hybridized carbons (Fsp3) is 0.588. The van der Waals surface area contributed by atoms with Gasteiger partial charge in [0.1, 0.15) is 0 Å². The summed E-state index contributed by atoms with van der Waals surface area (Å²) in [7, 11) is 1.90. The van der Waals surface area contributed by atoms with Gasteiger partial charge in [0.2, 0.25) is 0 Å². The summed E-state index contributed by atoms with van der Waals surface area (Å²) in [6.07, 6.45) is 4.71. The molecular weight excluding hydrogens is 262 g/mol. The number of urea groups is 1. The van der Waals surface area contributed by atoms with Crippen molar-refractivity contribution in [3.05, 3.63) is 29.8 Å². The van der Waals surface area contributed by atoms with Crippen LogP contribution in [-0.2, 0) is 0 Å². The first-order valence-corrected chi connectivity index (χ1v) is 7.86. The molecule has 0 saturated heterocycles. The van der Waals surface area contributed by atoms with Gasteiger partial charge in [-0.3, -0.25) is 0 Å². The minimum Gasteiger partial charge on any atom is -0.325 e. The van der Waals surface area contributed by atoms with Crippen LogP contribution in [0.2, 0.25) is 0 Å². The van der Waals surface area contributed by atoms with Gasteiger partial charge in [0.25, 0.3) is 0 Å². The molecule has 4 nitrogen and oxygen atoms in total. The molecule has 0 radical (unpaired) electrons. The monoisotopic (exact) mass is 289 g/mol. The first kappa shape index (κ1) is 15.8. The number of carbonyl (C=O) groups excluding carboxylic acids is 1. The Morgan fingerprint density at radius 1 is 1.33 bits per heavy atom. The van der Waals surface area contributed by atoms with Gasteiger partial charge in [0.15, 0.2) is 0 Å². The molecule has 0 aromatic heterocycles. The average Bonchev–Trinajstić information content (AvgIpc) is 2.47. The highest BCUT2D eigenvalue weighted by Gasteiger charge is 2.25. The molecule has 3 N–H and O–H groups in total. The van der Waals surface area contributed by atoms with E-state index in [2.05, 4.69) is 12.2 Å². The van der Waals surface area contributed by atoms with E-state index in [4.69, 9.17) is 5.73 Å². The maximum absolute atomic E-state index is 12.3. The van der Waals surface area contributed by atoms with Gasteiger partial charge >= 0.3 is 6.03 Å². The molecule has 0 aliphatic heterocycles. The molecule has 1 aliphatic rings. The third kappa shape index (κ3) is 4.21. The van der Waals surface area contributed by atoms with Crippen LogP contribution in [0.15, 0.2) is 24.3 Å². The Labute approximate surface area is 127 Å². The van der Waals surface area contributed by atoms with Gasteiger partial charge in [0.05, 0.1) is 0 Å². The smallest absolute Gasteiger partial charge is 0.321 e. The lowest BCUT2D eigenvalue weighted by Gasteiger charge is -2.34. The lowest BCUT2D eigenvalue weighted by Crippen LogP contribution is -2.42. The van der Waals surface area contributed by atoms with E-state index in [1.165, 1.54) is 12.8 Å². The predicted molar refractivity (Wildman–Crippen MR) is 87.2 cm³/mol. The normalized spacial score (nSPS) is 23.4. The second-order valence-electron chi connectivity index (χ2n) is 6.38. The van der Waals surface area contributed by atoms with Crippen molar-refractivity contribution in [1.82, 2.24) is 4.90 Å². The van der Waals surface area contributed by atoms with E-state index < -0.39 is 0 Å². The molecule has 1 aromatic carbocycles. The number of hydrogen-bond donors (Lipinski definition) is 2. The Bertz CT molecular complexity index is 469. The van der Waals surface area contributed by atoms with Gasteiger partial charge < -0.3 is 16.0 Å². The third-order valence-corrected chi connectivity index (χ3v) is 4.46. The fourth-order valence-electron chi connectivity index (χ4n) is 3.00. The maximum atomic E-state index is 12.3. The molecule has 21 heavy (non-hydrogen) atoms. The van der Waals surface area contributed by atoms with Crippen LogP contribution in [0, 0.1) is 5.92 Å². The molecule has 0 spiro atoms. The number of anilines is 1. The van der Waals surface area contributed by atoms with E-state index in [0.29, 0.717) is 12.0 Å². The van der Waals surface area contributed by atoms with Crippen molar-refractivity contribution < 1.29 is 4.79 Å². The number of amides is 2. The molecule has 4 heteroatoms. The molecule has 2 rings (SSSR count). The topological polar surface area (TPSA) is 58.4 Å². The Morgan fingerprint density at radius 2 is 2.00 bits per heavy atom. The standard InChI is InChI=1S/C17H27N3O/c1-12-5-4-6-16(11-12)20(3)17(21)19-15-9-7-14(8-10-15)13(2)18/h7-10,12-13,16H,4-6,11,18H2,1-3H3,(H,19,21). The molecule has 2 amide bonds. The Hall–Kier alpha value is -1.55. The summed E-state index contributed by atoms with van der Waals surface area (Å²) in [5.41, 5.74) is 7.72. The zero-order chi connectivity index (χ0) is 15.4. The number of benzene rings is 1. The number of hydrogen-bond acceptors (Lipinski definition) is 2. The summed E-state index contributed by atoms with van der Waals surface area (Å²) in [4.78, 5) is 14.2. The van der Waals surface area contributed by atoms with E-state index in [1.54, 1.807) is 0 Å². The van der Waals surface area contributed by atoms with Gasteiger partial charge in [0, 0.05) is 24.8 Å². The SMILES string of the molecule is CC1CCCC(N(C)C(=O)Nc2ccc(C(C)N)cc2)C1. The van der Waals surface area contributed by atoms with E-state index >= 15 is 0 Å². The molecule has 1 aliphatic carbocycles. The molecule has 3 atom stereocenters. The zero-order valence-electron chi connectivity index (χ0n) is 13.3. The molecule has 1 aromatic rings. The highest BCUT2D eigenvalue weighted by atomic mass is 16.2. The van der Waals surface area contributed by atoms with Crippen LogP contribution in [0.3, 0.4) is 0 Å². The van der Waals surface area contributed by atoms with Gasteiger partial charge in [-0.1, -0.05) is 31.9 Å². The van der Waals surface area contributed by atoms with Gasteiger partial charge in [-0.05, 0) is 43.4 Å². The van der Waals surface area contributed by atoms with E-state index in [9.17, 15) is 4.79 Å². The number of nitrogens with two attached hydrogens (primary N) is 1. The van der Waals surface area contributed by atoms with E-state index in [0.717, 1.165) is 24.1 Å². The van der Waals surface area contributed by atoms with Crippen LogP contribution in [0.4, 0.5) is 10.5 Å². The number of nitrogens with zero attached hydrogens (tertiary/aromatic N) is 1. The summed E-state index contributed by atoms with van der Waals surface area (Å²) in [5, 5.41) is 2.97. The predicted octanol–water partition coefficient (Wildman–Crippen LogP) is 3.75. The van der Waals surface area contributed by atoms with Crippen LogP contribution in [0.5, 0.6) is 0 Å². The third-order valence-electron chi connectivity index (χ3n) is 4.46.